The maximum atomic E-state index is 12.2. The molecule has 1 aliphatic heterocycles. The zero-order valence-corrected chi connectivity index (χ0v) is 15.6. The van der Waals surface area contributed by atoms with Crippen molar-refractivity contribution in [1.82, 2.24) is 10.2 Å². The number of hydrogen-bond donors (Lipinski definition) is 1. The van der Waals surface area contributed by atoms with E-state index in [1.165, 1.54) is 6.42 Å². The number of ether oxygens (including phenoxy) is 1. The lowest BCUT2D eigenvalue weighted by Gasteiger charge is -2.32. The highest BCUT2D eigenvalue weighted by Crippen LogP contribution is 2.27. The molecular formula is C20H32N2O2. The van der Waals surface area contributed by atoms with E-state index in [0.717, 1.165) is 49.4 Å². The molecule has 1 amide bonds. The minimum Gasteiger partial charge on any atom is -0.483 e. The van der Waals surface area contributed by atoms with Gasteiger partial charge in [-0.1, -0.05) is 32.9 Å². The van der Waals surface area contributed by atoms with Gasteiger partial charge in [0.05, 0.1) is 0 Å². The van der Waals surface area contributed by atoms with E-state index in [1.54, 1.807) is 0 Å². The molecule has 2 rings (SSSR count). The Balaban J connectivity index is 1.81. The fourth-order valence-corrected chi connectivity index (χ4v) is 3.27. The summed E-state index contributed by atoms with van der Waals surface area (Å²) < 4.78 is 5.82. The first kappa shape index (κ1) is 18.8. The third kappa shape index (κ3) is 5.52. The highest BCUT2D eigenvalue weighted by atomic mass is 16.5. The van der Waals surface area contributed by atoms with Crippen LogP contribution in [0.15, 0.2) is 18.2 Å². The summed E-state index contributed by atoms with van der Waals surface area (Å²) in [6.45, 7) is 11.9. The van der Waals surface area contributed by atoms with Crippen LogP contribution in [-0.4, -0.2) is 43.1 Å². The highest BCUT2D eigenvalue weighted by Gasteiger charge is 2.20. The van der Waals surface area contributed by atoms with Crippen LogP contribution < -0.4 is 10.1 Å². The molecule has 0 atom stereocenters. The van der Waals surface area contributed by atoms with E-state index in [0.29, 0.717) is 5.92 Å². The Labute approximate surface area is 146 Å². The second-order valence-electron chi connectivity index (χ2n) is 7.17. The van der Waals surface area contributed by atoms with Gasteiger partial charge in [0.2, 0.25) is 0 Å². The third-order valence-corrected chi connectivity index (χ3v) is 4.64. The molecule has 0 aromatic heterocycles. The SMILES string of the molecule is CCCN1CCC(NC(=O)COc2cc(C)ccc2C(C)C)CC1. The van der Waals surface area contributed by atoms with Gasteiger partial charge in [0.15, 0.2) is 6.61 Å². The molecule has 1 fully saturated rings. The Morgan fingerprint density at radius 3 is 2.67 bits per heavy atom. The van der Waals surface area contributed by atoms with Crippen molar-refractivity contribution in [3.05, 3.63) is 29.3 Å². The second-order valence-corrected chi connectivity index (χ2v) is 7.17. The lowest BCUT2D eigenvalue weighted by atomic mass is 10.0. The lowest BCUT2D eigenvalue weighted by Crippen LogP contribution is -2.46. The zero-order valence-electron chi connectivity index (χ0n) is 15.6. The van der Waals surface area contributed by atoms with Gasteiger partial charge in [-0.3, -0.25) is 4.79 Å². The lowest BCUT2D eigenvalue weighted by molar-refractivity contribution is -0.124. The van der Waals surface area contributed by atoms with Gasteiger partial charge in [-0.05, 0) is 55.8 Å². The maximum Gasteiger partial charge on any atom is 0.258 e. The number of likely N-dealkylation sites (tertiary alicyclic amines) is 1. The van der Waals surface area contributed by atoms with Gasteiger partial charge >= 0.3 is 0 Å². The monoisotopic (exact) mass is 332 g/mol. The van der Waals surface area contributed by atoms with Gasteiger partial charge in [-0.15, -0.1) is 0 Å². The Morgan fingerprint density at radius 1 is 1.33 bits per heavy atom. The average Bonchev–Trinajstić information content (AvgIpc) is 2.55. The van der Waals surface area contributed by atoms with Crippen LogP contribution >= 0.6 is 0 Å². The minimum atomic E-state index is -0.0137. The van der Waals surface area contributed by atoms with Crippen molar-refractivity contribution in [3.63, 3.8) is 0 Å². The molecule has 0 unspecified atom stereocenters. The van der Waals surface area contributed by atoms with Gasteiger partial charge in [0, 0.05) is 19.1 Å². The van der Waals surface area contributed by atoms with E-state index in [9.17, 15) is 4.79 Å². The van der Waals surface area contributed by atoms with Crippen LogP contribution in [0.4, 0.5) is 0 Å². The third-order valence-electron chi connectivity index (χ3n) is 4.64. The predicted octanol–water partition coefficient (Wildman–Crippen LogP) is 3.49. The summed E-state index contributed by atoms with van der Waals surface area (Å²) in [5.74, 6) is 1.20. The number of piperidine rings is 1. The van der Waals surface area contributed by atoms with Crippen LogP contribution in [0.25, 0.3) is 0 Å². The van der Waals surface area contributed by atoms with Gasteiger partial charge < -0.3 is 15.0 Å². The summed E-state index contributed by atoms with van der Waals surface area (Å²) in [5.41, 5.74) is 2.30. The van der Waals surface area contributed by atoms with Gasteiger partial charge in [-0.2, -0.15) is 0 Å². The van der Waals surface area contributed by atoms with Crippen molar-refractivity contribution in [2.24, 2.45) is 0 Å². The highest BCUT2D eigenvalue weighted by molar-refractivity contribution is 5.77. The van der Waals surface area contributed by atoms with E-state index in [-0.39, 0.29) is 18.6 Å². The molecule has 134 valence electrons. The van der Waals surface area contributed by atoms with Crippen LogP contribution in [0.5, 0.6) is 5.75 Å². The first-order valence-electron chi connectivity index (χ1n) is 9.24. The van der Waals surface area contributed by atoms with Gasteiger partial charge in [-0.25, -0.2) is 0 Å². The van der Waals surface area contributed by atoms with Crippen LogP contribution in [0.3, 0.4) is 0 Å². The standard InChI is InChI=1S/C20H32N2O2/c1-5-10-22-11-8-17(9-12-22)21-20(23)14-24-19-13-16(4)6-7-18(19)15(2)3/h6-7,13,15,17H,5,8-12,14H2,1-4H3,(H,21,23). The molecule has 1 aromatic carbocycles. The smallest absolute Gasteiger partial charge is 0.258 e. The van der Waals surface area contributed by atoms with E-state index < -0.39 is 0 Å². The summed E-state index contributed by atoms with van der Waals surface area (Å²) in [5, 5.41) is 3.12. The van der Waals surface area contributed by atoms with E-state index in [4.69, 9.17) is 4.74 Å². The van der Waals surface area contributed by atoms with Crippen LogP contribution in [-0.2, 0) is 4.79 Å². The molecule has 24 heavy (non-hydrogen) atoms. The zero-order chi connectivity index (χ0) is 17.5. The Morgan fingerprint density at radius 2 is 2.04 bits per heavy atom. The fraction of sp³-hybridized carbons (Fsp3) is 0.650. The molecule has 1 aromatic rings. The maximum absolute atomic E-state index is 12.2. The van der Waals surface area contributed by atoms with Crippen LogP contribution in [0, 0.1) is 6.92 Å². The quantitative estimate of drug-likeness (QED) is 0.831. The van der Waals surface area contributed by atoms with Crippen molar-refractivity contribution >= 4 is 5.91 Å². The van der Waals surface area contributed by atoms with Gasteiger partial charge in [0.25, 0.3) is 5.91 Å². The Kier molecular flexibility index (Phi) is 7.10. The molecule has 1 N–H and O–H groups in total. The summed E-state index contributed by atoms with van der Waals surface area (Å²) in [7, 11) is 0. The molecule has 1 saturated heterocycles. The second kappa shape index (κ2) is 9.07. The number of carbonyl (C=O) groups excluding carboxylic acids is 1. The van der Waals surface area contributed by atoms with Gasteiger partial charge in [0.1, 0.15) is 5.75 Å². The summed E-state index contributed by atoms with van der Waals surface area (Å²) in [4.78, 5) is 14.7. The first-order chi connectivity index (χ1) is 11.5. The minimum absolute atomic E-state index is 0.0137. The molecule has 0 spiro atoms. The van der Waals surface area contributed by atoms with Crippen LogP contribution in [0.2, 0.25) is 0 Å². The molecule has 0 radical (unpaired) electrons. The largest absolute Gasteiger partial charge is 0.483 e. The van der Waals surface area contributed by atoms with Crippen LogP contribution in [0.1, 0.15) is 57.1 Å². The number of nitrogens with zero attached hydrogens (tertiary/aromatic N) is 1. The van der Waals surface area contributed by atoms with E-state index in [1.807, 2.05) is 13.0 Å². The van der Waals surface area contributed by atoms with Crippen molar-refractivity contribution in [3.8, 4) is 5.75 Å². The number of carbonyl (C=O) groups is 1. The molecule has 4 nitrogen and oxygen atoms in total. The number of nitrogens with one attached hydrogen (secondary N) is 1. The molecule has 0 aliphatic carbocycles. The van der Waals surface area contributed by atoms with Crippen molar-refractivity contribution in [1.29, 1.82) is 0 Å². The number of amides is 1. The Bertz CT molecular complexity index is 534. The number of hydrogen-bond acceptors (Lipinski definition) is 3. The first-order valence-corrected chi connectivity index (χ1v) is 9.24. The molecular weight excluding hydrogens is 300 g/mol. The van der Waals surface area contributed by atoms with Crippen molar-refractivity contribution < 1.29 is 9.53 Å². The number of rotatable bonds is 7. The molecule has 1 aliphatic rings. The molecule has 0 saturated carbocycles. The van der Waals surface area contributed by atoms with Crippen molar-refractivity contribution in [2.75, 3.05) is 26.2 Å². The van der Waals surface area contributed by atoms with E-state index in [2.05, 4.69) is 43.1 Å². The summed E-state index contributed by atoms with van der Waals surface area (Å²) >= 11 is 0. The topological polar surface area (TPSA) is 41.6 Å². The number of benzene rings is 1. The number of aryl methyl sites for hydroxylation is 1. The summed E-state index contributed by atoms with van der Waals surface area (Å²) in [6.07, 6.45) is 3.26. The van der Waals surface area contributed by atoms with E-state index >= 15 is 0 Å². The predicted molar refractivity (Wildman–Crippen MR) is 98.7 cm³/mol. The Hall–Kier alpha value is -1.55. The fourth-order valence-electron chi connectivity index (χ4n) is 3.27. The molecule has 4 heteroatoms. The normalized spacial score (nSPS) is 16.4. The molecule has 1 heterocycles. The average molecular weight is 332 g/mol. The molecule has 0 bridgehead atoms. The summed E-state index contributed by atoms with van der Waals surface area (Å²) in [6, 6.07) is 6.49. The van der Waals surface area contributed by atoms with Crippen molar-refractivity contribution in [2.45, 2.75) is 58.9 Å².